The van der Waals surface area contributed by atoms with Gasteiger partial charge in [-0.25, -0.2) is 4.98 Å². The monoisotopic (exact) mass is 320 g/mol. The quantitative estimate of drug-likeness (QED) is 0.885. The summed E-state index contributed by atoms with van der Waals surface area (Å²) in [6.45, 7) is 4.00. The molecule has 1 aliphatic carbocycles. The Labute approximate surface area is 135 Å². The first kappa shape index (κ1) is 14.6. The zero-order valence-electron chi connectivity index (χ0n) is 13.1. The molecular weight excluding hydrogens is 296 g/mol. The molecule has 0 bridgehead atoms. The summed E-state index contributed by atoms with van der Waals surface area (Å²) in [5.74, 6) is 1.63. The molecule has 5 nitrogen and oxygen atoms in total. The summed E-state index contributed by atoms with van der Waals surface area (Å²) < 4.78 is 0. The number of carbonyl (C=O) groups excluding carboxylic acids is 1. The first-order valence-corrected chi connectivity index (χ1v) is 9.19. The van der Waals surface area contributed by atoms with Gasteiger partial charge in [-0.2, -0.15) is 0 Å². The lowest BCUT2D eigenvalue weighted by atomic mass is 10.0. The molecule has 2 aliphatic heterocycles. The van der Waals surface area contributed by atoms with Crippen LogP contribution in [0.25, 0.3) is 0 Å². The van der Waals surface area contributed by atoms with Crippen LogP contribution in [0.15, 0.2) is 11.6 Å². The summed E-state index contributed by atoms with van der Waals surface area (Å²) in [4.78, 5) is 21.6. The lowest BCUT2D eigenvalue weighted by Crippen LogP contribution is -2.46. The van der Waals surface area contributed by atoms with E-state index in [1.807, 2.05) is 11.6 Å². The summed E-state index contributed by atoms with van der Waals surface area (Å²) in [6, 6.07) is 0.604. The van der Waals surface area contributed by atoms with E-state index in [9.17, 15) is 4.79 Å². The molecule has 3 atom stereocenters. The van der Waals surface area contributed by atoms with E-state index in [0.29, 0.717) is 12.0 Å². The largest absolute Gasteiger partial charge is 0.354 e. The Kier molecular flexibility index (Phi) is 3.92. The van der Waals surface area contributed by atoms with Gasteiger partial charge in [-0.1, -0.05) is 0 Å². The molecule has 0 unspecified atom stereocenters. The van der Waals surface area contributed by atoms with E-state index in [0.717, 1.165) is 38.5 Å². The number of likely N-dealkylation sites (N-methyl/N-ethyl adjacent to an activating group) is 1. The van der Waals surface area contributed by atoms with Crippen LogP contribution in [-0.2, 0) is 11.3 Å². The van der Waals surface area contributed by atoms with Gasteiger partial charge in [-0.3, -0.25) is 14.6 Å². The minimum atomic E-state index is 0.0794. The van der Waals surface area contributed by atoms with E-state index in [1.54, 1.807) is 11.3 Å². The lowest BCUT2D eigenvalue weighted by Gasteiger charge is -2.25. The normalized spacial score (nSPS) is 32.3. The minimum absolute atomic E-state index is 0.0794. The van der Waals surface area contributed by atoms with Crippen LogP contribution in [0.3, 0.4) is 0 Å². The topological polar surface area (TPSA) is 48.5 Å². The highest BCUT2D eigenvalue weighted by Gasteiger charge is 2.47. The van der Waals surface area contributed by atoms with Crippen LogP contribution in [0.1, 0.15) is 24.3 Å². The number of fused-ring (bicyclic) bond motifs is 1. The fourth-order valence-corrected chi connectivity index (χ4v) is 4.60. The predicted octanol–water partition coefficient (Wildman–Crippen LogP) is 1.17. The van der Waals surface area contributed by atoms with Gasteiger partial charge in [0.2, 0.25) is 5.91 Å². The number of carbonyl (C=O) groups is 1. The van der Waals surface area contributed by atoms with Crippen molar-refractivity contribution in [2.24, 2.45) is 11.8 Å². The Balaban J connectivity index is 1.31. The van der Waals surface area contributed by atoms with E-state index in [4.69, 9.17) is 0 Å². The second-order valence-corrected chi connectivity index (χ2v) is 8.03. The maximum Gasteiger partial charge on any atom is 0.237 e. The molecule has 1 aromatic heterocycles. The van der Waals surface area contributed by atoms with E-state index in [1.165, 1.54) is 17.8 Å². The molecule has 1 aromatic rings. The van der Waals surface area contributed by atoms with Crippen LogP contribution in [-0.4, -0.2) is 59.5 Å². The minimum Gasteiger partial charge on any atom is -0.354 e. The third-order valence-electron chi connectivity index (χ3n) is 5.43. The molecule has 1 saturated carbocycles. The van der Waals surface area contributed by atoms with Gasteiger partial charge in [0.25, 0.3) is 0 Å². The molecule has 22 heavy (non-hydrogen) atoms. The van der Waals surface area contributed by atoms with Crippen LogP contribution < -0.4 is 5.32 Å². The molecule has 0 aromatic carbocycles. The third-order valence-corrected chi connectivity index (χ3v) is 6.19. The Morgan fingerprint density at radius 1 is 1.45 bits per heavy atom. The van der Waals surface area contributed by atoms with Crippen molar-refractivity contribution in [3.8, 4) is 0 Å². The molecule has 1 amide bonds. The molecule has 2 saturated heterocycles. The van der Waals surface area contributed by atoms with Gasteiger partial charge in [0, 0.05) is 37.3 Å². The summed E-state index contributed by atoms with van der Waals surface area (Å²) in [5, 5.41) is 6.39. The van der Waals surface area contributed by atoms with Gasteiger partial charge in [0.05, 0.1) is 12.6 Å². The summed E-state index contributed by atoms with van der Waals surface area (Å²) >= 11 is 1.73. The van der Waals surface area contributed by atoms with Gasteiger partial charge < -0.3 is 5.32 Å². The molecule has 4 rings (SSSR count). The van der Waals surface area contributed by atoms with Crippen molar-refractivity contribution in [1.29, 1.82) is 0 Å². The number of hydrogen-bond donors (Lipinski definition) is 1. The number of nitrogens with zero attached hydrogens (tertiary/aromatic N) is 3. The van der Waals surface area contributed by atoms with E-state index in [2.05, 4.69) is 27.1 Å². The van der Waals surface area contributed by atoms with Crippen LogP contribution in [0.5, 0.6) is 0 Å². The van der Waals surface area contributed by atoms with Crippen molar-refractivity contribution in [1.82, 2.24) is 20.1 Å². The van der Waals surface area contributed by atoms with Crippen molar-refractivity contribution >= 4 is 17.2 Å². The van der Waals surface area contributed by atoms with Gasteiger partial charge in [-0.05, 0) is 38.1 Å². The average Bonchev–Trinajstić information content (AvgIpc) is 2.90. The fraction of sp³-hybridized carbons (Fsp3) is 0.750. The second-order valence-electron chi connectivity index (χ2n) is 7.05. The third kappa shape index (κ3) is 2.92. The predicted molar refractivity (Wildman–Crippen MR) is 86.6 cm³/mol. The van der Waals surface area contributed by atoms with Crippen molar-refractivity contribution in [2.75, 3.05) is 26.7 Å². The number of likely N-dealkylation sites (tertiary alicyclic amines) is 2. The SMILES string of the molecule is CN1[C@@H](C(=O)NCC2CC2)C[C@H]2CN(Cc3nccs3)C[C@H]21. The molecule has 120 valence electrons. The molecule has 3 aliphatic rings. The molecule has 6 heteroatoms. The standard InChI is InChI=1S/C16H24N4OS/c1-19-13(16(21)18-7-11-2-3-11)6-12-8-20(9-14(12)19)10-15-17-4-5-22-15/h4-5,11-14H,2-3,6-10H2,1H3,(H,18,21)/t12-,13+,14+/m0/s1. The van der Waals surface area contributed by atoms with Crippen LogP contribution in [0, 0.1) is 11.8 Å². The van der Waals surface area contributed by atoms with E-state index >= 15 is 0 Å². The summed E-state index contributed by atoms with van der Waals surface area (Å²) in [5.41, 5.74) is 0. The van der Waals surface area contributed by atoms with Gasteiger partial charge in [-0.15, -0.1) is 11.3 Å². The number of rotatable bonds is 5. The van der Waals surface area contributed by atoms with Gasteiger partial charge in [0.15, 0.2) is 0 Å². The molecule has 1 N–H and O–H groups in total. The first-order valence-electron chi connectivity index (χ1n) is 8.31. The smallest absolute Gasteiger partial charge is 0.237 e. The average molecular weight is 320 g/mol. The number of aromatic nitrogens is 1. The fourth-order valence-electron chi connectivity index (χ4n) is 3.95. The molecule has 0 radical (unpaired) electrons. The zero-order chi connectivity index (χ0) is 15.1. The molecule has 0 spiro atoms. The Morgan fingerprint density at radius 2 is 2.32 bits per heavy atom. The Bertz CT molecular complexity index is 530. The number of thiazole rings is 1. The van der Waals surface area contributed by atoms with E-state index < -0.39 is 0 Å². The Morgan fingerprint density at radius 3 is 3.00 bits per heavy atom. The Hall–Kier alpha value is -0.980. The van der Waals surface area contributed by atoms with Crippen LogP contribution in [0.2, 0.25) is 0 Å². The highest BCUT2D eigenvalue weighted by Crippen LogP contribution is 2.35. The van der Waals surface area contributed by atoms with Crippen molar-refractivity contribution < 1.29 is 4.79 Å². The highest BCUT2D eigenvalue weighted by molar-refractivity contribution is 7.09. The van der Waals surface area contributed by atoms with Crippen LogP contribution >= 0.6 is 11.3 Å². The number of hydrogen-bond acceptors (Lipinski definition) is 5. The lowest BCUT2D eigenvalue weighted by molar-refractivity contribution is -0.125. The van der Waals surface area contributed by atoms with Gasteiger partial charge in [0.1, 0.15) is 5.01 Å². The highest BCUT2D eigenvalue weighted by atomic mass is 32.1. The molecular formula is C16H24N4OS. The maximum absolute atomic E-state index is 12.4. The zero-order valence-corrected chi connectivity index (χ0v) is 13.9. The first-order chi connectivity index (χ1) is 10.7. The molecule has 3 heterocycles. The number of nitrogens with one attached hydrogen (secondary N) is 1. The van der Waals surface area contributed by atoms with Gasteiger partial charge >= 0.3 is 0 Å². The second kappa shape index (κ2) is 5.91. The summed E-state index contributed by atoms with van der Waals surface area (Å²) in [6.07, 6.45) is 5.46. The molecule has 3 fully saturated rings. The summed E-state index contributed by atoms with van der Waals surface area (Å²) in [7, 11) is 2.12. The van der Waals surface area contributed by atoms with Crippen molar-refractivity contribution in [3.63, 3.8) is 0 Å². The van der Waals surface area contributed by atoms with E-state index in [-0.39, 0.29) is 11.9 Å². The maximum atomic E-state index is 12.4. The van der Waals surface area contributed by atoms with Crippen molar-refractivity contribution in [3.05, 3.63) is 16.6 Å². The van der Waals surface area contributed by atoms with Crippen molar-refractivity contribution in [2.45, 2.75) is 37.9 Å². The van der Waals surface area contributed by atoms with Crippen LogP contribution in [0.4, 0.5) is 0 Å². The number of amides is 1.